The molecular weight excluding hydrogens is 203 g/mol. The van der Waals surface area contributed by atoms with Gasteiger partial charge in [0.2, 0.25) is 0 Å². The number of rotatable bonds is 8. The van der Waals surface area contributed by atoms with Gasteiger partial charge in [-0.15, -0.1) is 0 Å². The van der Waals surface area contributed by atoms with Crippen LogP contribution in [0.3, 0.4) is 0 Å². The van der Waals surface area contributed by atoms with E-state index in [4.69, 9.17) is 4.74 Å². The molecule has 0 saturated carbocycles. The van der Waals surface area contributed by atoms with Crippen LogP contribution in [-0.2, 0) is 0 Å². The summed E-state index contributed by atoms with van der Waals surface area (Å²) in [5.41, 5.74) is 0. The Morgan fingerprint density at radius 3 is 2.56 bits per heavy atom. The van der Waals surface area contributed by atoms with Crippen molar-refractivity contribution >= 4 is 0 Å². The van der Waals surface area contributed by atoms with Gasteiger partial charge >= 0.3 is 0 Å². The van der Waals surface area contributed by atoms with Gasteiger partial charge < -0.3 is 4.74 Å². The molecule has 0 aliphatic carbocycles. The van der Waals surface area contributed by atoms with E-state index in [2.05, 4.69) is 6.92 Å². The van der Waals surface area contributed by atoms with Gasteiger partial charge in [-0.2, -0.15) is 0 Å². The number of hydrogen-bond acceptors (Lipinski definition) is 1. The monoisotopic (exact) mass is 224 g/mol. The van der Waals surface area contributed by atoms with Crippen LogP contribution in [0, 0.1) is 0 Å². The number of alkyl halides is 1. The summed E-state index contributed by atoms with van der Waals surface area (Å²) in [6, 6.07) is 9.41. The van der Waals surface area contributed by atoms with E-state index in [0.717, 1.165) is 18.6 Å². The SMILES string of the molecule is CCCCCCC(F)COc1ccccc1. The first kappa shape index (κ1) is 13.0. The van der Waals surface area contributed by atoms with Gasteiger partial charge in [0.25, 0.3) is 0 Å². The minimum absolute atomic E-state index is 0.177. The van der Waals surface area contributed by atoms with Crippen molar-refractivity contribution < 1.29 is 9.13 Å². The van der Waals surface area contributed by atoms with E-state index in [1.807, 2.05) is 30.3 Å². The third kappa shape index (κ3) is 5.74. The van der Waals surface area contributed by atoms with Crippen molar-refractivity contribution in [3.8, 4) is 5.75 Å². The van der Waals surface area contributed by atoms with Crippen LogP contribution < -0.4 is 4.74 Å². The highest BCUT2D eigenvalue weighted by atomic mass is 19.1. The number of benzene rings is 1. The van der Waals surface area contributed by atoms with Crippen molar-refractivity contribution in [1.29, 1.82) is 0 Å². The molecule has 16 heavy (non-hydrogen) atoms. The average Bonchev–Trinajstić information content (AvgIpc) is 2.33. The number of para-hydroxylation sites is 1. The second-order valence-corrected chi connectivity index (χ2v) is 4.07. The van der Waals surface area contributed by atoms with Crippen molar-refractivity contribution in [1.82, 2.24) is 0 Å². The zero-order chi connectivity index (χ0) is 11.6. The van der Waals surface area contributed by atoms with E-state index >= 15 is 0 Å². The van der Waals surface area contributed by atoms with Gasteiger partial charge in [-0.25, -0.2) is 4.39 Å². The Bertz CT molecular complexity index is 261. The van der Waals surface area contributed by atoms with E-state index in [1.165, 1.54) is 12.8 Å². The van der Waals surface area contributed by atoms with E-state index in [9.17, 15) is 4.39 Å². The maximum atomic E-state index is 13.4. The third-order valence-electron chi connectivity index (χ3n) is 2.54. The van der Waals surface area contributed by atoms with Crippen molar-refractivity contribution in [2.75, 3.05) is 6.61 Å². The minimum atomic E-state index is -0.836. The Morgan fingerprint density at radius 1 is 1.12 bits per heavy atom. The molecule has 1 rings (SSSR count). The van der Waals surface area contributed by atoms with Gasteiger partial charge in [0.15, 0.2) is 0 Å². The lowest BCUT2D eigenvalue weighted by atomic mass is 10.1. The molecule has 0 heterocycles. The summed E-state index contributed by atoms with van der Waals surface area (Å²) < 4.78 is 18.7. The number of hydrogen-bond donors (Lipinski definition) is 0. The maximum absolute atomic E-state index is 13.4. The predicted octanol–water partition coefficient (Wildman–Crippen LogP) is 4.37. The molecule has 90 valence electrons. The molecule has 0 aromatic heterocycles. The molecular formula is C14H21FO. The van der Waals surface area contributed by atoms with E-state index in [-0.39, 0.29) is 6.61 Å². The molecule has 0 fully saturated rings. The molecule has 1 atom stereocenters. The summed E-state index contributed by atoms with van der Waals surface area (Å²) in [7, 11) is 0. The Kier molecular flexibility index (Phi) is 6.62. The van der Waals surface area contributed by atoms with Crippen molar-refractivity contribution in [2.45, 2.75) is 45.2 Å². The lowest BCUT2D eigenvalue weighted by molar-refractivity contribution is 0.184. The van der Waals surface area contributed by atoms with Gasteiger partial charge in [-0.05, 0) is 18.6 Å². The molecule has 0 amide bonds. The van der Waals surface area contributed by atoms with Gasteiger partial charge in [-0.1, -0.05) is 50.8 Å². The van der Waals surface area contributed by atoms with Gasteiger partial charge in [-0.3, -0.25) is 0 Å². The summed E-state index contributed by atoms with van der Waals surface area (Å²) in [5, 5.41) is 0. The number of unbranched alkanes of at least 4 members (excludes halogenated alkanes) is 3. The summed E-state index contributed by atoms with van der Waals surface area (Å²) >= 11 is 0. The van der Waals surface area contributed by atoms with Crippen LogP contribution in [0.5, 0.6) is 5.75 Å². The first-order valence-corrected chi connectivity index (χ1v) is 6.15. The molecule has 0 N–H and O–H groups in total. The predicted molar refractivity (Wildman–Crippen MR) is 65.6 cm³/mol. The summed E-state index contributed by atoms with van der Waals surface area (Å²) in [5.74, 6) is 0.749. The standard InChI is InChI=1S/C14H21FO/c1-2-3-4-6-9-13(15)12-16-14-10-7-5-8-11-14/h5,7-8,10-11,13H,2-4,6,9,12H2,1H3. The van der Waals surface area contributed by atoms with E-state index in [1.54, 1.807) is 0 Å². The Morgan fingerprint density at radius 2 is 1.88 bits per heavy atom. The van der Waals surface area contributed by atoms with Crippen molar-refractivity contribution in [3.63, 3.8) is 0 Å². The zero-order valence-corrected chi connectivity index (χ0v) is 9.99. The number of halogens is 1. The first-order chi connectivity index (χ1) is 7.83. The fourth-order valence-electron chi connectivity index (χ4n) is 1.58. The fourth-order valence-corrected chi connectivity index (χ4v) is 1.58. The fraction of sp³-hybridized carbons (Fsp3) is 0.571. The topological polar surface area (TPSA) is 9.23 Å². The van der Waals surface area contributed by atoms with Crippen LogP contribution in [0.1, 0.15) is 39.0 Å². The second kappa shape index (κ2) is 8.14. The van der Waals surface area contributed by atoms with Gasteiger partial charge in [0.05, 0.1) is 0 Å². The highest BCUT2D eigenvalue weighted by Crippen LogP contribution is 2.12. The molecule has 0 aliphatic heterocycles. The van der Waals surface area contributed by atoms with Crippen LogP contribution >= 0.6 is 0 Å². The summed E-state index contributed by atoms with van der Waals surface area (Å²) in [6.45, 7) is 2.33. The molecule has 1 aromatic carbocycles. The zero-order valence-electron chi connectivity index (χ0n) is 9.99. The molecule has 0 aliphatic rings. The molecule has 1 unspecified atom stereocenters. The van der Waals surface area contributed by atoms with Crippen LogP contribution in [0.25, 0.3) is 0 Å². The van der Waals surface area contributed by atoms with Gasteiger partial charge in [0.1, 0.15) is 18.5 Å². The molecule has 0 saturated heterocycles. The highest BCUT2D eigenvalue weighted by molar-refractivity contribution is 5.20. The van der Waals surface area contributed by atoms with Crippen molar-refractivity contribution in [3.05, 3.63) is 30.3 Å². The normalized spacial score (nSPS) is 12.4. The van der Waals surface area contributed by atoms with Crippen molar-refractivity contribution in [2.24, 2.45) is 0 Å². The second-order valence-electron chi connectivity index (χ2n) is 4.07. The average molecular weight is 224 g/mol. The number of ether oxygens (including phenoxy) is 1. The van der Waals surface area contributed by atoms with Crippen LogP contribution in [0.4, 0.5) is 4.39 Å². The lowest BCUT2D eigenvalue weighted by Gasteiger charge is -2.10. The quantitative estimate of drug-likeness (QED) is 0.596. The van der Waals surface area contributed by atoms with Crippen LogP contribution in [0.15, 0.2) is 30.3 Å². The maximum Gasteiger partial charge on any atom is 0.134 e. The van der Waals surface area contributed by atoms with Crippen LogP contribution in [0.2, 0.25) is 0 Å². The van der Waals surface area contributed by atoms with E-state index in [0.29, 0.717) is 6.42 Å². The summed E-state index contributed by atoms with van der Waals surface area (Å²) in [4.78, 5) is 0. The van der Waals surface area contributed by atoms with E-state index < -0.39 is 6.17 Å². The lowest BCUT2D eigenvalue weighted by Crippen LogP contribution is -2.12. The Hall–Kier alpha value is -1.05. The Labute approximate surface area is 97.6 Å². The molecule has 0 radical (unpaired) electrons. The smallest absolute Gasteiger partial charge is 0.134 e. The first-order valence-electron chi connectivity index (χ1n) is 6.15. The third-order valence-corrected chi connectivity index (χ3v) is 2.54. The van der Waals surface area contributed by atoms with Crippen LogP contribution in [-0.4, -0.2) is 12.8 Å². The largest absolute Gasteiger partial charge is 0.491 e. The Balaban J connectivity index is 2.08. The molecule has 0 bridgehead atoms. The van der Waals surface area contributed by atoms with Gasteiger partial charge in [0, 0.05) is 0 Å². The molecule has 1 nitrogen and oxygen atoms in total. The molecule has 1 aromatic rings. The highest BCUT2D eigenvalue weighted by Gasteiger charge is 2.06. The summed E-state index contributed by atoms with van der Waals surface area (Å²) in [6.07, 6.45) is 4.27. The minimum Gasteiger partial charge on any atom is -0.491 e. The molecule has 0 spiro atoms. The molecule has 2 heteroatoms.